The molecule has 22 heavy (non-hydrogen) atoms. The number of carbonyl (C=O) groups is 1. The van der Waals surface area contributed by atoms with Crippen molar-refractivity contribution in [3.05, 3.63) is 23.3 Å². The van der Waals surface area contributed by atoms with Crippen molar-refractivity contribution >= 4 is 5.97 Å². The minimum atomic E-state index is -0.210. The SMILES string of the molecule is CC(C)CCCC(C)CCc1cc2c(cc1O)OC(=O)CC2. The molecule has 0 fully saturated rings. The molecule has 0 aromatic heterocycles. The van der Waals surface area contributed by atoms with E-state index in [1.807, 2.05) is 6.07 Å². The van der Waals surface area contributed by atoms with Crippen molar-refractivity contribution in [2.45, 2.75) is 65.7 Å². The predicted molar refractivity (Wildman–Crippen MR) is 88.2 cm³/mol. The highest BCUT2D eigenvalue weighted by Crippen LogP contribution is 2.33. The number of hydrogen-bond acceptors (Lipinski definition) is 3. The number of phenolic OH excluding ortho intramolecular Hbond substituents is 1. The van der Waals surface area contributed by atoms with Gasteiger partial charge in [-0.15, -0.1) is 0 Å². The third-order valence-electron chi connectivity index (χ3n) is 4.47. The zero-order chi connectivity index (χ0) is 16.1. The number of hydrogen-bond donors (Lipinski definition) is 1. The highest BCUT2D eigenvalue weighted by Gasteiger charge is 2.19. The summed E-state index contributed by atoms with van der Waals surface area (Å²) in [6.07, 6.45) is 6.95. The van der Waals surface area contributed by atoms with E-state index in [2.05, 4.69) is 20.8 Å². The van der Waals surface area contributed by atoms with Gasteiger partial charge < -0.3 is 9.84 Å². The maximum atomic E-state index is 11.3. The first-order chi connectivity index (χ1) is 10.5. The second-order valence-electron chi connectivity index (χ2n) is 7.03. The topological polar surface area (TPSA) is 46.5 Å². The standard InChI is InChI=1S/C19H28O3/c1-13(2)5-4-6-14(3)7-8-15-11-16-9-10-19(21)22-18(16)12-17(15)20/h11-14,20H,4-10H2,1-3H3. The minimum Gasteiger partial charge on any atom is -0.508 e. The predicted octanol–water partition coefficient (Wildman–Crippen LogP) is 4.64. The zero-order valence-corrected chi connectivity index (χ0v) is 14.0. The Bertz CT molecular complexity index is 520. The van der Waals surface area contributed by atoms with E-state index in [0.29, 0.717) is 24.5 Å². The second kappa shape index (κ2) is 7.66. The van der Waals surface area contributed by atoms with Crippen LogP contribution in [0.1, 0.15) is 64.0 Å². The summed E-state index contributed by atoms with van der Waals surface area (Å²) in [7, 11) is 0. The molecule has 0 amide bonds. The molecular weight excluding hydrogens is 276 g/mol. The van der Waals surface area contributed by atoms with Crippen molar-refractivity contribution in [3.63, 3.8) is 0 Å². The van der Waals surface area contributed by atoms with Crippen molar-refractivity contribution in [1.29, 1.82) is 0 Å². The van der Waals surface area contributed by atoms with Crippen molar-refractivity contribution < 1.29 is 14.6 Å². The smallest absolute Gasteiger partial charge is 0.311 e. The fourth-order valence-corrected chi connectivity index (χ4v) is 2.99. The molecule has 1 N–H and O–H groups in total. The summed E-state index contributed by atoms with van der Waals surface area (Å²) in [5.41, 5.74) is 2.02. The lowest BCUT2D eigenvalue weighted by atomic mass is 9.93. The van der Waals surface area contributed by atoms with Gasteiger partial charge in [0.05, 0.1) is 6.42 Å². The van der Waals surface area contributed by atoms with Crippen LogP contribution in [0, 0.1) is 11.8 Å². The summed E-state index contributed by atoms with van der Waals surface area (Å²) >= 11 is 0. The molecule has 2 rings (SSSR count). The second-order valence-corrected chi connectivity index (χ2v) is 7.03. The van der Waals surface area contributed by atoms with Gasteiger partial charge in [0.25, 0.3) is 0 Å². The zero-order valence-electron chi connectivity index (χ0n) is 14.0. The van der Waals surface area contributed by atoms with Gasteiger partial charge in [-0.1, -0.05) is 40.0 Å². The van der Waals surface area contributed by atoms with Gasteiger partial charge in [0.2, 0.25) is 0 Å². The number of carbonyl (C=O) groups excluding carboxylic acids is 1. The molecule has 3 heteroatoms. The third kappa shape index (κ3) is 4.75. The molecule has 1 atom stereocenters. The van der Waals surface area contributed by atoms with E-state index in [0.717, 1.165) is 29.9 Å². The summed E-state index contributed by atoms with van der Waals surface area (Å²) in [6, 6.07) is 3.61. The Morgan fingerprint density at radius 2 is 1.91 bits per heavy atom. The number of phenols is 1. The van der Waals surface area contributed by atoms with Crippen molar-refractivity contribution in [3.8, 4) is 11.5 Å². The van der Waals surface area contributed by atoms with Crippen LogP contribution in [0.4, 0.5) is 0 Å². The maximum absolute atomic E-state index is 11.3. The molecular formula is C19H28O3. The molecule has 122 valence electrons. The molecule has 1 aromatic rings. The van der Waals surface area contributed by atoms with Gasteiger partial charge in [-0.05, 0) is 48.3 Å². The Hall–Kier alpha value is -1.51. The van der Waals surface area contributed by atoms with Crippen LogP contribution in [0.15, 0.2) is 12.1 Å². The fourth-order valence-electron chi connectivity index (χ4n) is 2.99. The van der Waals surface area contributed by atoms with Crippen LogP contribution in [0.25, 0.3) is 0 Å². The van der Waals surface area contributed by atoms with Crippen LogP contribution in [0.5, 0.6) is 11.5 Å². The summed E-state index contributed by atoms with van der Waals surface area (Å²) < 4.78 is 5.17. The maximum Gasteiger partial charge on any atom is 0.311 e. The summed E-state index contributed by atoms with van der Waals surface area (Å²) in [5.74, 6) is 2.02. The minimum absolute atomic E-state index is 0.210. The van der Waals surface area contributed by atoms with Crippen molar-refractivity contribution in [1.82, 2.24) is 0 Å². The average Bonchev–Trinajstić information content (AvgIpc) is 2.44. The molecule has 0 radical (unpaired) electrons. The number of aromatic hydroxyl groups is 1. The Morgan fingerprint density at radius 3 is 2.64 bits per heavy atom. The summed E-state index contributed by atoms with van der Waals surface area (Å²) in [6.45, 7) is 6.82. The number of benzene rings is 1. The highest BCUT2D eigenvalue weighted by atomic mass is 16.5. The van der Waals surface area contributed by atoms with Crippen molar-refractivity contribution in [2.24, 2.45) is 11.8 Å². The number of aryl methyl sites for hydroxylation is 2. The van der Waals surface area contributed by atoms with Crippen LogP contribution in [-0.4, -0.2) is 11.1 Å². The van der Waals surface area contributed by atoms with Crippen LogP contribution in [-0.2, 0) is 17.6 Å². The van der Waals surface area contributed by atoms with Crippen LogP contribution < -0.4 is 4.74 Å². The van der Waals surface area contributed by atoms with Gasteiger partial charge in [0.15, 0.2) is 0 Å². The van der Waals surface area contributed by atoms with Gasteiger partial charge in [-0.3, -0.25) is 4.79 Å². The molecule has 0 saturated heterocycles. The van der Waals surface area contributed by atoms with Gasteiger partial charge in [-0.25, -0.2) is 0 Å². The molecule has 1 heterocycles. The number of ether oxygens (including phenoxy) is 1. The van der Waals surface area contributed by atoms with E-state index in [-0.39, 0.29) is 11.7 Å². The number of esters is 1. The monoisotopic (exact) mass is 304 g/mol. The normalized spacial score (nSPS) is 15.5. The first-order valence-corrected chi connectivity index (χ1v) is 8.51. The molecule has 1 aliphatic rings. The summed E-state index contributed by atoms with van der Waals surface area (Å²) in [5, 5.41) is 10.1. The lowest BCUT2D eigenvalue weighted by molar-refractivity contribution is -0.135. The molecule has 1 aliphatic heterocycles. The molecule has 0 aliphatic carbocycles. The molecule has 0 saturated carbocycles. The van der Waals surface area contributed by atoms with Gasteiger partial charge in [0.1, 0.15) is 11.5 Å². The van der Waals surface area contributed by atoms with Gasteiger partial charge >= 0.3 is 5.97 Å². The first-order valence-electron chi connectivity index (χ1n) is 8.51. The highest BCUT2D eigenvalue weighted by molar-refractivity contribution is 5.75. The van der Waals surface area contributed by atoms with Crippen molar-refractivity contribution in [2.75, 3.05) is 0 Å². The van der Waals surface area contributed by atoms with Crippen LogP contribution in [0.3, 0.4) is 0 Å². The van der Waals surface area contributed by atoms with Crippen LogP contribution >= 0.6 is 0 Å². The van der Waals surface area contributed by atoms with Gasteiger partial charge in [0, 0.05) is 6.07 Å². The summed E-state index contributed by atoms with van der Waals surface area (Å²) in [4.78, 5) is 11.3. The lowest BCUT2D eigenvalue weighted by Gasteiger charge is -2.18. The Kier molecular flexibility index (Phi) is 5.87. The van der Waals surface area contributed by atoms with Crippen LogP contribution in [0.2, 0.25) is 0 Å². The lowest BCUT2D eigenvalue weighted by Crippen LogP contribution is -2.16. The molecule has 1 unspecified atom stereocenters. The average molecular weight is 304 g/mol. The molecule has 0 bridgehead atoms. The first kappa shape index (κ1) is 16.9. The van der Waals surface area contributed by atoms with E-state index in [9.17, 15) is 9.90 Å². The fraction of sp³-hybridized carbons (Fsp3) is 0.632. The molecule has 0 spiro atoms. The molecule has 1 aromatic carbocycles. The third-order valence-corrected chi connectivity index (χ3v) is 4.47. The Balaban J connectivity index is 1.89. The van der Waals surface area contributed by atoms with E-state index in [1.165, 1.54) is 19.3 Å². The van der Waals surface area contributed by atoms with Gasteiger partial charge in [-0.2, -0.15) is 0 Å². The van der Waals surface area contributed by atoms with E-state index >= 15 is 0 Å². The quantitative estimate of drug-likeness (QED) is 0.589. The molecule has 3 nitrogen and oxygen atoms in total. The Morgan fingerprint density at radius 1 is 1.14 bits per heavy atom. The van der Waals surface area contributed by atoms with E-state index < -0.39 is 0 Å². The number of rotatable bonds is 7. The Labute approximate surface area is 133 Å². The number of fused-ring (bicyclic) bond motifs is 1. The van der Waals surface area contributed by atoms with E-state index in [4.69, 9.17) is 4.74 Å². The largest absolute Gasteiger partial charge is 0.508 e. The van der Waals surface area contributed by atoms with E-state index in [1.54, 1.807) is 6.07 Å².